The van der Waals surface area contributed by atoms with Crippen molar-refractivity contribution >= 4 is 29.5 Å². The maximum atomic E-state index is 12.5. The Balaban J connectivity index is 1.56. The third-order valence-corrected chi connectivity index (χ3v) is 4.94. The fourth-order valence-electron chi connectivity index (χ4n) is 3.53. The van der Waals surface area contributed by atoms with Crippen LogP contribution in [0.1, 0.15) is 25.7 Å². The number of para-hydroxylation sites is 1. The van der Waals surface area contributed by atoms with Crippen molar-refractivity contribution in [2.45, 2.75) is 31.2 Å². The molecule has 1 heterocycles. The molecule has 0 atom stereocenters. The SMILES string of the molecule is N#CCN(C(=O)COC(=O)CN1C(=O)NC2(CCCC2)C1=O)c1ccccc1. The van der Waals surface area contributed by atoms with Crippen LogP contribution in [-0.4, -0.2) is 54.0 Å². The Bertz CT molecular complexity index is 826. The summed E-state index contributed by atoms with van der Waals surface area (Å²) in [6.45, 7) is -1.34. The number of urea groups is 1. The molecular formula is C19H20N4O5. The molecule has 146 valence electrons. The highest BCUT2D eigenvalue weighted by Gasteiger charge is 2.52. The van der Waals surface area contributed by atoms with Crippen molar-refractivity contribution in [2.24, 2.45) is 0 Å². The zero-order valence-electron chi connectivity index (χ0n) is 15.2. The Morgan fingerprint density at radius 2 is 1.89 bits per heavy atom. The Morgan fingerprint density at radius 1 is 1.21 bits per heavy atom. The first kappa shape index (κ1) is 19.4. The molecular weight excluding hydrogens is 364 g/mol. The van der Waals surface area contributed by atoms with Crippen LogP contribution in [0.2, 0.25) is 0 Å². The van der Waals surface area contributed by atoms with Gasteiger partial charge in [-0.15, -0.1) is 0 Å². The van der Waals surface area contributed by atoms with Crippen LogP contribution < -0.4 is 10.2 Å². The van der Waals surface area contributed by atoms with Crippen molar-refractivity contribution < 1.29 is 23.9 Å². The van der Waals surface area contributed by atoms with Crippen LogP contribution in [0, 0.1) is 11.3 Å². The number of esters is 1. The molecule has 2 aliphatic rings. The van der Waals surface area contributed by atoms with Gasteiger partial charge in [-0.25, -0.2) is 4.79 Å². The minimum absolute atomic E-state index is 0.198. The van der Waals surface area contributed by atoms with Crippen molar-refractivity contribution in [3.63, 3.8) is 0 Å². The van der Waals surface area contributed by atoms with Crippen LogP contribution in [0.5, 0.6) is 0 Å². The number of carbonyl (C=O) groups is 4. The van der Waals surface area contributed by atoms with E-state index in [-0.39, 0.29) is 6.54 Å². The highest BCUT2D eigenvalue weighted by Crippen LogP contribution is 2.34. The number of ether oxygens (including phenoxy) is 1. The molecule has 1 saturated heterocycles. The van der Waals surface area contributed by atoms with E-state index < -0.39 is 42.5 Å². The number of benzene rings is 1. The maximum absolute atomic E-state index is 12.5. The summed E-state index contributed by atoms with van der Waals surface area (Å²) in [6.07, 6.45) is 2.80. The third kappa shape index (κ3) is 3.81. The summed E-state index contributed by atoms with van der Waals surface area (Å²) in [6, 6.07) is 9.80. The lowest BCUT2D eigenvalue weighted by atomic mass is 9.98. The molecule has 0 aromatic heterocycles. The summed E-state index contributed by atoms with van der Waals surface area (Å²) < 4.78 is 4.95. The van der Waals surface area contributed by atoms with E-state index in [0.29, 0.717) is 18.5 Å². The predicted molar refractivity (Wildman–Crippen MR) is 96.8 cm³/mol. The fraction of sp³-hybridized carbons (Fsp3) is 0.421. The topological polar surface area (TPSA) is 120 Å². The van der Waals surface area contributed by atoms with Gasteiger partial charge in [0, 0.05) is 5.69 Å². The molecule has 9 nitrogen and oxygen atoms in total. The first-order chi connectivity index (χ1) is 13.5. The number of carbonyl (C=O) groups excluding carboxylic acids is 4. The number of anilines is 1. The number of nitrogens with one attached hydrogen (secondary N) is 1. The first-order valence-electron chi connectivity index (χ1n) is 8.99. The van der Waals surface area contributed by atoms with E-state index in [1.807, 2.05) is 6.07 Å². The summed E-state index contributed by atoms with van der Waals surface area (Å²) in [5, 5.41) is 11.6. The molecule has 0 unspecified atom stereocenters. The Kier molecular flexibility index (Phi) is 5.59. The van der Waals surface area contributed by atoms with Crippen molar-refractivity contribution in [2.75, 3.05) is 24.6 Å². The molecule has 0 radical (unpaired) electrons. The Morgan fingerprint density at radius 3 is 2.54 bits per heavy atom. The van der Waals surface area contributed by atoms with Crippen molar-refractivity contribution in [3.05, 3.63) is 30.3 Å². The number of hydrogen-bond donors (Lipinski definition) is 1. The van der Waals surface area contributed by atoms with Crippen LogP contribution in [0.15, 0.2) is 30.3 Å². The molecule has 1 saturated carbocycles. The van der Waals surface area contributed by atoms with Crippen molar-refractivity contribution in [3.8, 4) is 6.07 Å². The Labute approximate surface area is 161 Å². The molecule has 1 spiro atoms. The highest BCUT2D eigenvalue weighted by atomic mass is 16.5. The first-order valence-corrected chi connectivity index (χ1v) is 8.99. The summed E-state index contributed by atoms with van der Waals surface area (Å²) in [5.41, 5.74) is -0.397. The molecule has 4 amide bonds. The molecule has 1 aromatic carbocycles. The van der Waals surface area contributed by atoms with Gasteiger partial charge >= 0.3 is 12.0 Å². The highest BCUT2D eigenvalue weighted by molar-refractivity contribution is 6.09. The zero-order valence-corrected chi connectivity index (χ0v) is 15.2. The van der Waals surface area contributed by atoms with E-state index in [0.717, 1.165) is 17.7 Å². The standard InChI is InChI=1S/C19H20N4O5/c20-10-11-22(14-6-2-1-3-7-14)15(24)13-28-16(25)12-23-17(26)19(21-18(23)27)8-4-5-9-19/h1-3,6-7H,4-5,8-9,11-13H2,(H,21,27). The van der Waals surface area contributed by atoms with Gasteiger partial charge in [0.2, 0.25) is 0 Å². The average molecular weight is 384 g/mol. The minimum atomic E-state index is -0.899. The largest absolute Gasteiger partial charge is 0.454 e. The van der Waals surface area contributed by atoms with Crippen LogP contribution in [0.4, 0.5) is 10.5 Å². The van der Waals surface area contributed by atoms with Gasteiger partial charge in [0.1, 0.15) is 18.6 Å². The maximum Gasteiger partial charge on any atom is 0.326 e. The lowest BCUT2D eigenvalue weighted by Crippen LogP contribution is -2.44. The number of imide groups is 1. The molecule has 9 heteroatoms. The van der Waals surface area contributed by atoms with Gasteiger partial charge < -0.3 is 10.1 Å². The lowest BCUT2D eigenvalue weighted by molar-refractivity contribution is -0.150. The lowest BCUT2D eigenvalue weighted by Gasteiger charge is -2.20. The van der Waals surface area contributed by atoms with Gasteiger partial charge in [0.25, 0.3) is 11.8 Å². The quantitative estimate of drug-likeness (QED) is 0.443. The van der Waals surface area contributed by atoms with Crippen LogP contribution in [-0.2, 0) is 19.1 Å². The zero-order chi connectivity index (χ0) is 20.1. The summed E-state index contributed by atoms with van der Waals surface area (Å²) in [7, 11) is 0. The molecule has 1 aliphatic heterocycles. The minimum Gasteiger partial charge on any atom is -0.454 e. The summed E-state index contributed by atoms with van der Waals surface area (Å²) in [4.78, 5) is 51.0. The van der Waals surface area contributed by atoms with Crippen LogP contribution in [0.3, 0.4) is 0 Å². The number of hydrogen-bond acceptors (Lipinski definition) is 6. The molecule has 2 fully saturated rings. The second-order valence-electron chi connectivity index (χ2n) is 6.74. The van der Waals surface area contributed by atoms with Gasteiger partial charge in [-0.1, -0.05) is 31.0 Å². The van der Waals surface area contributed by atoms with E-state index >= 15 is 0 Å². The van der Waals surface area contributed by atoms with E-state index in [4.69, 9.17) is 10.00 Å². The average Bonchev–Trinajstić information content (AvgIpc) is 3.25. The van der Waals surface area contributed by atoms with Gasteiger partial charge in [0.05, 0.1) is 6.07 Å². The van der Waals surface area contributed by atoms with Gasteiger partial charge in [0.15, 0.2) is 6.61 Å². The molecule has 1 aliphatic carbocycles. The third-order valence-electron chi connectivity index (χ3n) is 4.94. The van der Waals surface area contributed by atoms with Gasteiger partial charge in [-0.3, -0.25) is 24.2 Å². The summed E-state index contributed by atoms with van der Waals surface area (Å²) >= 11 is 0. The number of amides is 4. The molecule has 28 heavy (non-hydrogen) atoms. The normalized spacial score (nSPS) is 17.3. The van der Waals surface area contributed by atoms with E-state index in [9.17, 15) is 19.2 Å². The van der Waals surface area contributed by atoms with E-state index in [1.165, 1.54) is 4.90 Å². The van der Waals surface area contributed by atoms with Crippen LogP contribution >= 0.6 is 0 Å². The van der Waals surface area contributed by atoms with Crippen molar-refractivity contribution in [1.29, 1.82) is 5.26 Å². The number of rotatable bonds is 6. The molecule has 1 N–H and O–H groups in total. The Hall–Kier alpha value is -3.41. The molecule has 3 rings (SSSR count). The second kappa shape index (κ2) is 8.08. The van der Waals surface area contributed by atoms with Gasteiger partial charge in [-0.05, 0) is 25.0 Å². The van der Waals surface area contributed by atoms with Crippen LogP contribution in [0.25, 0.3) is 0 Å². The van der Waals surface area contributed by atoms with E-state index in [1.54, 1.807) is 30.3 Å². The number of nitrogens with zero attached hydrogens (tertiary/aromatic N) is 3. The van der Waals surface area contributed by atoms with E-state index in [2.05, 4.69) is 5.32 Å². The van der Waals surface area contributed by atoms with Crippen molar-refractivity contribution in [1.82, 2.24) is 10.2 Å². The smallest absolute Gasteiger partial charge is 0.326 e. The van der Waals surface area contributed by atoms with Gasteiger partial charge in [-0.2, -0.15) is 5.26 Å². The monoisotopic (exact) mass is 384 g/mol. The fourth-order valence-corrected chi connectivity index (χ4v) is 3.53. The molecule has 0 bridgehead atoms. The summed E-state index contributed by atoms with van der Waals surface area (Å²) in [5.74, 6) is -1.86. The number of nitriles is 1. The second-order valence-corrected chi connectivity index (χ2v) is 6.74. The predicted octanol–water partition coefficient (Wildman–Crippen LogP) is 0.951. The molecule has 1 aromatic rings.